The number of rotatable bonds is 5. The van der Waals surface area contributed by atoms with Crippen molar-refractivity contribution in [3.8, 4) is 16.3 Å². The number of amides is 3. The Balaban J connectivity index is 1.40. The Hall–Kier alpha value is -3.92. The molecule has 0 radical (unpaired) electrons. The molecule has 0 aliphatic carbocycles. The van der Waals surface area contributed by atoms with Gasteiger partial charge >= 0.3 is 6.03 Å². The lowest BCUT2D eigenvalue weighted by Crippen LogP contribution is -2.40. The Kier molecular flexibility index (Phi) is 4.55. The molecule has 1 fully saturated rings. The maximum atomic E-state index is 13.3. The van der Waals surface area contributed by atoms with E-state index in [1.807, 2.05) is 41.8 Å². The minimum absolute atomic E-state index is 0.107. The van der Waals surface area contributed by atoms with Crippen LogP contribution >= 0.6 is 11.3 Å². The molecule has 0 spiro atoms. The lowest BCUT2D eigenvalue weighted by Gasteiger charge is -2.22. The van der Waals surface area contributed by atoms with Crippen LogP contribution in [0.2, 0.25) is 0 Å². The van der Waals surface area contributed by atoms with Gasteiger partial charge in [-0.2, -0.15) is 0 Å². The zero-order chi connectivity index (χ0) is 21.4. The second-order valence-electron chi connectivity index (χ2n) is 7.26. The van der Waals surface area contributed by atoms with Gasteiger partial charge in [-0.3, -0.25) is 9.69 Å². The molecule has 154 valence electrons. The third-order valence-corrected chi connectivity index (χ3v) is 6.14. The highest BCUT2D eigenvalue weighted by molar-refractivity contribution is 7.13. The van der Waals surface area contributed by atoms with Crippen LogP contribution in [0, 0.1) is 0 Å². The van der Waals surface area contributed by atoms with Crippen LogP contribution in [0.15, 0.2) is 66.3 Å². The van der Waals surface area contributed by atoms with Crippen LogP contribution in [0.3, 0.4) is 0 Å². The molecule has 0 bridgehead atoms. The van der Waals surface area contributed by atoms with E-state index in [4.69, 9.17) is 0 Å². The van der Waals surface area contributed by atoms with Gasteiger partial charge in [0.25, 0.3) is 5.91 Å². The van der Waals surface area contributed by atoms with Crippen molar-refractivity contribution in [2.45, 2.75) is 19.0 Å². The van der Waals surface area contributed by atoms with Crippen molar-refractivity contribution in [3.63, 3.8) is 0 Å². The fraction of sp³-hybridized carbons (Fsp3) is 0.143. The van der Waals surface area contributed by atoms with Crippen molar-refractivity contribution in [3.05, 3.63) is 77.6 Å². The summed E-state index contributed by atoms with van der Waals surface area (Å²) in [5.41, 5.74) is 1.81. The van der Waals surface area contributed by atoms with Crippen molar-refractivity contribution in [1.29, 1.82) is 0 Å². The lowest BCUT2D eigenvalue weighted by atomic mass is 9.91. The highest BCUT2D eigenvalue weighted by Crippen LogP contribution is 2.31. The Morgan fingerprint density at radius 2 is 1.94 bits per heavy atom. The van der Waals surface area contributed by atoms with Crippen LogP contribution < -0.4 is 5.32 Å². The number of urea groups is 1. The zero-order valence-corrected chi connectivity index (χ0v) is 17.3. The van der Waals surface area contributed by atoms with E-state index in [0.29, 0.717) is 16.9 Å². The molecule has 3 amide bonds. The van der Waals surface area contributed by atoms with E-state index < -0.39 is 11.6 Å². The molecule has 0 saturated carbocycles. The second kappa shape index (κ2) is 7.40. The molecule has 1 atom stereocenters. The molecular weight excluding hydrogens is 414 g/mol. The molecule has 1 saturated heterocycles. The first-order chi connectivity index (χ1) is 15.0. The topological polar surface area (TPSA) is 106 Å². The number of aromatic nitrogens is 5. The van der Waals surface area contributed by atoms with E-state index in [1.165, 1.54) is 27.2 Å². The van der Waals surface area contributed by atoms with Gasteiger partial charge in [0.2, 0.25) is 0 Å². The fourth-order valence-electron chi connectivity index (χ4n) is 3.53. The summed E-state index contributed by atoms with van der Waals surface area (Å²) in [4.78, 5) is 31.8. The number of benzene rings is 2. The average molecular weight is 431 g/mol. The minimum Gasteiger partial charge on any atom is -0.319 e. The van der Waals surface area contributed by atoms with Crippen molar-refractivity contribution in [1.82, 2.24) is 35.4 Å². The summed E-state index contributed by atoms with van der Waals surface area (Å²) in [7, 11) is 0. The quantitative estimate of drug-likeness (QED) is 0.487. The van der Waals surface area contributed by atoms with Gasteiger partial charge in [0, 0.05) is 10.9 Å². The maximum absolute atomic E-state index is 13.3. The number of nitrogens with one attached hydrogen (secondary N) is 1. The van der Waals surface area contributed by atoms with E-state index in [2.05, 4.69) is 25.8 Å². The van der Waals surface area contributed by atoms with Crippen LogP contribution in [0.5, 0.6) is 0 Å². The summed E-state index contributed by atoms with van der Waals surface area (Å²) in [6.45, 7) is 1.80. The standard InChI is InChI=1S/C21H17N7O2S/c1-21(15-8-5-9-17(10-15)28-13-22-25-26-28)19(29)27(20(30)24-21)11-16-12-31-18(23-16)14-6-3-2-4-7-14/h2-10,12-13H,11H2,1H3,(H,24,30)/t21-/m0/s1. The third kappa shape index (κ3) is 3.36. The second-order valence-corrected chi connectivity index (χ2v) is 8.12. The first-order valence-electron chi connectivity index (χ1n) is 9.52. The summed E-state index contributed by atoms with van der Waals surface area (Å²) in [6, 6.07) is 16.5. The molecule has 9 nitrogen and oxygen atoms in total. The van der Waals surface area contributed by atoms with Crippen LogP contribution in [0.4, 0.5) is 4.79 Å². The van der Waals surface area contributed by atoms with Gasteiger partial charge in [-0.15, -0.1) is 16.4 Å². The normalized spacial score (nSPS) is 18.4. The van der Waals surface area contributed by atoms with E-state index in [9.17, 15) is 9.59 Å². The molecule has 1 aliphatic heterocycles. The highest BCUT2D eigenvalue weighted by atomic mass is 32.1. The van der Waals surface area contributed by atoms with Crippen LogP contribution in [-0.4, -0.2) is 42.0 Å². The van der Waals surface area contributed by atoms with Gasteiger partial charge in [-0.05, 0) is 35.0 Å². The molecule has 2 aromatic carbocycles. The summed E-state index contributed by atoms with van der Waals surface area (Å²) in [5, 5.41) is 16.7. The smallest absolute Gasteiger partial charge is 0.319 e. The first-order valence-corrected chi connectivity index (χ1v) is 10.4. The number of carbonyl (C=O) groups excluding carboxylic acids is 2. The average Bonchev–Trinajstić information content (AvgIpc) is 3.53. The lowest BCUT2D eigenvalue weighted by molar-refractivity contribution is -0.131. The van der Waals surface area contributed by atoms with E-state index in [-0.39, 0.29) is 12.5 Å². The van der Waals surface area contributed by atoms with Crippen LogP contribution in [0.1, 0.15) is 18.2 Å². The molecule has 3 heterocycles. The van der Waals surface area contributed by atoms with Gasteiger partial charge in [0.15, 0.2) is 0 Å². The summed E-state index contributed by atoms with van der Waals surface area (Å²) < 4.78 is 1.49. The van der Waals surface area contributed by atoms with Gasteiger partial charge in [0.05, 0.1) is 17.9 Å². The Morgan fingerprint density at radius 3 is 2.71 bits per heavy atom. The molecule has 1 N–H and O–H groups in total. The van der Waals surface area contributed by atoms with Crippen molar-refractivity contribution < 1.29 is 9.59 Å². The van der Waals surface area contributed by atoms with Crippen molar-refractivity contribution in [2.24, 2.45) is 0 Å². The molecule has 1 aliphatic rings. The number of nitrogens with zero attached hydrogens (tertiary/aromatic N) is 6. The number of carbonyl (C=O) groups is 2. The molecule has 4 aromatic rings. The van der Waals surface area contributed by atoms with Crippen molar-refractivity contribution >= 4 is 23.3 Å². The summed E-state index contributed by atoms with van der Waals surface area (Å²) in [6.07, 6.45) is 1.47. The molecule has 2 aromatic heterocycles. The SMILES string of the molecule is C[C@@]1(c2cccc(-n3cnnn3)c2)NC(=O)N(Cc2csc(-c3ccccc3)n2)C1=O. The monoisotopic (exact) mass is 431 g/mol. The Bertz CT molecular complexity index is 1260. The minimum atomic E-state index is -1.20. The number of hydrogen-bond donors (Lipinski definition) is 1. The van der Waals surface area contributed by atoms with Crippen LogP contribution in [0.25, 0.3) is 16.3 Å². The van der Waals surface area contributed by atoms with Gasteiger partial charge in [-0.1, -0.05) is 42.5 Å². The number of hydrogen-bond acceptors (Lipinski definition) is 7. The Morgan fingerprint density at radius 1 is 1.10 bits per heavy atom. The molecule has 31 heavy (non-hydrogen) atoms. The fourth-order valence-corrected chi connectivity index (χ4v) is 4.35. The van der Waals surface area contributed by atoms with Crippen LogP contribution in [-0.2, 0) is 16.9 Å². The number of imide groups is 1. The maximum Gasteiger partial charge on any atom is 0.325 e. The molecular formula is C21H17N7O2S. The highest BCUT2D eigenvalue weighted by Gasteiger charge is 2.49. The molecule has 10 heteroatoms. The van der Waals surface area contributed by atoms with E-state index in [1.54, 1.807) is 25.1 Å². The largest absolute Gasteiger partial charge is 0.325 e. The number of tetrazole rings is 1. The predicted molar refractivity (Wildman–Crippen MR) is 113 cm³/mol. The van der Waals surface area contributed by atoms with Gasteiger partial charge in [-0.25, -0.2) is 14.5 Å². The van der Waals surface area contributed by atoms with Crippen molar-refractivity contribution in [2.75, 3.05) is 0 Å². The van der Waals surface area contributed by atoms with Gasteiger partial charge < -0.3 is 5.32 Å². The first kappa shape index (κ1) is 19.1. The summed E-state index contributed by atoms with van der Waals surface area (Å²) >= 11 is 1.48. The van der Waals surface area contributed by atoms with E-state index in [0.717, 1.165) is 10.6 Å². The third-order valence-electron chi connectivity index (χ3n) is 5.20. The van der Waals surface area contributed by atoms with E-state index >= 15 is 0 Å². The van der Waals surface area contributed by atoms with Gasteiger partial charge in [0.1, 0.15) is 16.9 Å². The molecule has 5 rings (SSSR count). The Labute approximate surface area is 181 Å². The zero-order valence-electron chi connectivity index (χ0n) is 16.5. The predicted octanol–water partition coefficient (Wildman–Crippen LogP) is 2.75. The summed E-state index contributed by atoms with van der Waals surface area (Å²) in [5.74, 6) is -0.333. The number of thiazole rings is 1. The molecule has 0 unspecified atom stereocenters.